The monoisotopic (exact) mass is 180 g/mol. The molecule has 3 N–H and O–H groups in total. The SMILES string of the molecule is NC(=O)C1SNc2ccccc21. The van der Waals surface area contributed by atoms with Crippen molar-refractivity contribution >= 4 is 23.5 Å². The number of primary amides is 1. The van der Waals surface area contributed by atoms with E-state index in [4.69, 9.17) is 5.73 Å². The average Bonchev–Trinajstić information content (AvgIpc) is 2.47. The van der Waals surface area contributed by atoms with E-state index in [9.17, 15) is 4.79 Å². The highest BCUT2D eigenvalue weighted by Crippen LogP contribution is 2.41. The van der Waals surface area contributed by atoms with Crippen molar-refractivity contribution in [2.75, 3.05) is 4.72 Å². The van der Waals surface area contributed by atoms with Crippen molar-refractivity contribution in [1.29, 1.82) is 0 Å². The maximum Gasteiger partial charge on any atom is 0.236 e. The number of hydrogen-bond acceptors (Lipinski definition) is 3. The molecular formula is C8H8N2OS. The van der Waals surface area contributed by atoms with E-state index in [0.717, 1.165) is 11.3 Å². The number of rotatable bonds is 1. The first-order chi connectivity index (χ1) is 5.79. The number of carbonyl (C=O) groups excluding carboxylic acids is 1. The third-order valence-corrected chi connectivity index (χ3v) is 2.85. The number of nitrogens with two attached hydrogens (primary N) is 1. The van der Waals surface area contributed by atoms with Gasteiger partial charge in [0.05, 0.1) is 0 Å². The number of para-hydroxylation sites is 1. The minimum absolute atomic E-state index is 0.235. The zero-order valence-corrected chi connectivity index (χ0v) is 7.10. The Morgan fingerprint density at radius 1 is 1.50 bits per heavy atom. The molecule has 0 saturated heterocycles. The summed E-state index contributed by atoms with van der Waals surface area (Å²) in [4.78, 5) is 10.9. The first-order valence-electron chi connectivity index (χ1n) is 3.59. The van der Waals surface area contributed by atoms with E-state index in [2.05, 4.69) is 4.72 Å². The number of anilines is 1. The highest BCUT2D eigenvalue weighted by Gasteiger charge is 2.26. The smallest absolute Gasteiger partial charge is 0.236 e. The van der Waals surface area contributed by atoms with Crippen LogP contribution in [0.1, 0.15) is 10.8 Å². The largest absolute Gasteiger partial charge is 0.368 e. The van der Waals surface area contributed by atoms with Gasteiger partial charge in [-0.05, 0) is 18.0 Å². The van der Waals surface area contributed by atoms with E-state index in [1.54, 1.807) is 0 Å². The molecule has 0 fully saturated rings. The van der Waals surface area contributed by atoms with Crippen molar-refractivity contribution in [2.24, 2.45) is 5.73 Å². The minimum Gasteiger partial charge on any atom is -0.368 e. The summed E-state index contributed by atoms with van der Waals surface area (Å²) in [6, 6.07) is 7.68. The fraction of sp³-hybridized carbons (Fsp3) is 0.125. The van der Waals surface area contributed by atoms with Crippen LogP contribution in [0.15, 0.2) is 24.3 Å². The molecule has 0 aromatic heterocycles. The Bertz CT molecular complexity index is 327. The summed E-state index contributed by atoms with van der Waals surface area (Å²) in [6.45, 7) is 0. The van der Waals surface area contributed by atoms with E-state index in [0.29, 0.717) is 0 Å². The molecule has 12 heavy (non-hydrogen) atoms. The van der Waals surface area contributed by atoms with Crippen molar-refractivity contribution in [2.45, 2.75) is 5.25 Å². The Morgan fingerprint density at radius 2 is 2.25 bits per heavy atom. The van der Waals surface area contributed by atoms with Gasteiger partial charge in [0.2, 0.25) is 5.91 Å². The van der Waals surface area contributed by atoms with Crippen LogP contribution < -0.4 is 10.5 Å². The second-order valence-corrected chi connectivity index (χ2v) is 3.50. The predicted octanol–water partition coefficient (Wildman–Crippen LogP) is 1.29. The van der Waals surface area contributed by atoms with E-state index >= 15 is 0 Å². The van der Waals surface area contributed by atoms with Gasteiger partial charge >= 0.3 is 0 Å². The molecule has 1 unspecified atom stereocenters. The first-order valence-corrected chi connectivity index (χ1v) is 4.47. The molecule has 2 rings (SSSR count). The number of nitrogens with one attached hydrogen (secondary N) is 1. The molecule has 1 aromatic carbocycles. The highest BCUT2D eigenvalue weighted by molar-refractivity contribution is 8.01. The van der Waals surface area contributed by atoms with Gasteiger partial charge in [-0.15, -0.1) is 0 Å². The summed E-state index contributed by atoms with van der Waals surface area (Å²) in [6.07, 6.45) is 0. The molecule has 1 aliphatic rings. The zero-order chi connectivity index (χ0) is 8.55. The summed E-state index contributed by atoms with van der Waals surface area (Å²) in [5.41, 5.74) is 7.19. The van der Waals surface area contributed by atoms with Crippen LogP contribution in [0.25, 0.3) is 0 Å². The summed E-state index contributed by atoms with van der Waals surface area (Å²) in [5.74, 6) is -0.294. The van der Waals surface area contributed by atoms with Crippen molar-refractivity contribution < 1.29 is 4.79 Å². The molecule has 0 bridgehead atoms. The molecule has 4 heteroatoms. The lowest BCUT2D eigenvalue weighted by atomic mass is 10.1. The second-order valence-electron chi connectivity index (χ2n) is 2.59. The maximum atomic E-state index is 10.9. The van der Waals surface area contributed by atoms with E-state index in [-0.39, 0.29) is 11.2 Å². The average molecular weight is 180 g/mol. The van der Waals surface area contributed by atoms with E-state index < -0.39 is 0 Å². The molecule has 1 aromatic rings. The number of hydrogen-bond donors (Lipinski definition) is 2. The fourth-order valence-electron chi connectivity index (χ4n) is 1.22. The van der Waals surface area contributed by atoms with Gasteiger partial charge in [-0.3, -0.25) is 4.79 Å². The van der Waals surface area contributed by atoms with Crippen LogP contribution in [0.5, 0.6) is 0 Å². The van der Waals surface area contributed by atoms with Gasteiger partial charge < -0.3 is 10.5 Å². The zero-order valence-electron chi connectivity index (χ0n) is 6.28. The lowest BCUT2D eigenvalue weighted by Crippen LogP contribution is -2.16. The van der Waals surface area contributed by atoms with Crippen LogP contribution in [-0.2, 0) is 4.79 Å². The lowest BCUT2D eigenvalue weighted by Gasteiger charge is -2.01. The van der Waals surface area contributed by atoms with Gasteiger partial charge in [-0.25, -0.2) is 0 Å². The van der Waals surface area contributed by atoms with Gasteiger partial charge in [0, 0.05) is 11.3 Å². The van der Waals surface area contributed by atoms with Crippen molar-refractivity contribution in [1.82, 2.24) is 0 Å². The molecule has 0 radical (unpaired) electrons. The molecular weight excluding hydrogens is 172 g/mol. The fourth-order valence-corrected chi connectivity index (χ4v) is 2.10. The summed E-state index contributed by atoms with van der Waals surface area (Å²) >= 11 is 1.35. The van der Waals surface area contributed by atoms with Crippen LogP contribution >= 0.6 is 11.9 Å². The van der Waals surface area contributed by atoms with Crippen LogP contribution in [0.3, 0.4) is 0 Å². The molecule has 62 valence electrons. The molecule has 0 aliphatic carbocycles. The maximum absolute atomic E-state index is 10.9. The molecule has 1 heterocycles. The van der Waals surface area contributed by atoms with Crippen LogP contribution in [0.2, 0.25) is 0 Å². The van der Waals surface area contributed by atoms with Crippen molar-refractivity contribution in [3.05, 3.63) is 29.8 Å². The number of carbonyl (C=O) groups is 1. The van der Waals surface area contributed by atoms with Crippen LogP contribution in [0, 0.1) is 0 Å². The minimum atomic E-state index is -0.294. The Balaban J connectivity index is 2.42. The predicted molar refractivity (Wildman–Crippen MR) is 49.6 cm³/mol. The summed E-state index contributed by atoms with van der Waals surface area (Å²) in [7, 11) is 0. The highest BCUT2D eigenvalue weighted by atomic mass is 32.2. The summed E-state index contributed by atoms with van der Waals surface area (Å²) < 4.78 is 3.05. The third kappa shape index (κ3) is 1.04. The normalized spacial score (nSPS) is 19.8. The van der Waals surface area contributed by atoms with Gasteiger partial charge in [-0.1, -0.05) is 18.2 Å². The molecule has 1 amide bonds. The Morgan fingerprint density at radius 3 is 3.00 bits per heavy atom. The van der Waals surface area contributed by atoms with Gasteiger partial charge in [0.15, 0.2) is 0 Å². The molecule has 1 aliphatic heterocycles. The van der Waals surface area contributed by atoms with E-state index in [1.165, 1.54) is 11.9 Å². The van der Waals surface area contributed by atoms with Gasteiger partial charge in [0.25, 0.3) is 0 Å². The molecule has 3 nitrogen and oxygen atoms in total. The Labute approximate surface area is 74.5 Å². The molecule has 0 saturated carbocycles. The molecule has 0 spiro atoms. The Hall–Kier alpha value is -1.16. The topological polar surface area (TPSA) is 55.1 Å². The Kier molecular flexibility index (Phi) is 1.69. The van der Waals surface area contributed by atoms with Gasteiger partial charge in [0.1, 0.15) is 5.25 Å². The summed E-state index contributed by atoms with van der Waals surface area (Å²) in [5, 5.41) is -0.235. The number of benzene rings is 1. The van der Waals surface area contributed by atoms with Crippen molar-refractivity contribution in [3.8, 4) is 0 Å². The number of fused-ring (bicyclic) bond motifs is 1. The van der Waals surface area contributed by atoms with Crippen LogP contribution in [0.4, 0.5) is 5.69 Å². The van der Waals surface area contributed by atoms with Crippen LogP contribution in [-0.4, -0.2) is 5.91 Å². The van der Waals surface area contributed by atoms with E-state index in [1.807, 2.05) is 24.3 Å². The number of amides is 1. The quantitative estimate of drug-likeness (QED) is 0.640. The van der Waals surface area contributed by atoms with Gasteiger partial charge in [-0.2, -0.15) is 0 Å². The third-order valence-electron chi connectivity index (χ3n) is 1.79. The molecule has 1 atom stereocenters. The standard InChI is InChI=1S/C8H8N2OS/c9-8(11)7-5-3-1-2-4-6(5)10-12-7/h1-4,7,10H,(H2,9,11). The first kappa shape index (κ1) is 7.49. The van der Waals surface area contributed by atoms with Crippen molar-refractivity contribution in [3.63, 3.8) is 0 Å². The lowest BCUT2D eigenvalue weighted by molar-refractivity contribution is -0.117. The second kappa shape index (κ2) is 2.71.